The molecule has 5 rings (SSSR count). The molecule has 40 heavy (non-hydrogen) atoms. The van der Waals surface area contributed by atoms with E-state index in [2.05, 4.69) is 29.9 Å². The second kappa shape index (κ2) is 11.0. The van der Waals surface area contributed by atoms with Crippen LogP contribution in [-0.2, 0) is 10.0 Å². The van der Waals surface area contributed by atoms with Crippen molar-refractivity contribution in [3.8, 4) is 28.6 Å². The Hall–Kier alpha value is -4.37. The molecule has 0 aliphatic carbocycles. The molecule has 1 saturated heterocycles. The van der Waals surface area contributed by atoms with Gasteiger partial charge in [-0.25, -0.2) is 22.8 Å². The van der Waals surface area contributed by atoms with Gasteiger partial charge in [0.15, 0.2) is 11.6 Å². The van der Waals surface area contributed by atoms with Gasteiger partial charge in [-0.05, 0) is 37.1 Å². The Morgan fingerprint density at radius 2 is 1.75 bits per heavy atom. The van der Waals surface area contributed by atoms with Gasteiger partial charge < -0.3 is 19.5 Å². The first-order valence-corrected chi connectivity index (χ1v) is 13.8. The van der Waals surface area contributed by atoms with Crippen LogP contribution in [0.3, 0.4) is 0 Å². The predicted molar refractivity (Wildman–Crippen MR) is 144 cm³/mol. The number of β-amino-alcohol motifs (C(OH)–C–C–N with tert-alkyl or cyclic N) is 1. The zero-order chi connectivity index (χ0) is 28.4. The number of nitrogens with one attached hydrogen (secondary N) is 1. The highest BCUT2D eigenvalue weighted by Crippen LogP contribution is 2.38. The SMILES string of the molecule is COc1cccc(OC)c1-n1c(NS(=O)(=O)C2CC(O)CN(c3ncc(F)cn3)C2)nnc1-c1cncc(C)c1. The summed E-state index contributed by atoms with van der Waals surface area (Å²) in [6, 6.07) is 6.98. The molecule has 0 saturated carbocycles. The maximum Gasteiger partial charge on any atom is 0.243 e. The van der Waals surface area contributed by atoms with Crippen molar-refractivity contribution in [1.29, 1.82) is 0 Å². The molecule has 1 aliphatic rings. The van der Waals surface area contributed by atoms with Crippen molar-refractivity contribution in [2.24, 2.45) is 0 Å². The summed E-state index contributed by atoms with van der Waals surface area (Å²) in [6.07, 6.45) is 4.19. The highest BCUT2D eigenvalue weighted by molar-refractivity contribution is 7.93. The molecule has 4 heterocycles. The van der Waals surface area contributed by atoms with Crippen LogP contribution in [0.4, 0.5) is 16.3 Å². The molecule has 13 nitrogen and oxygen atoms in total. The fraction of sp³-hybridized carbons (Fsp3) is 0.320. The number of piperidine rings is 1. The fourth-order valence-electron chi connectivity index (χ4n) is 4.57. The second-order valence-electron chi connectivity index (χ2n) is 9.21. The van der Waals surface area contributed by atoms with E-state index >= 15 is 0 Å². The smallest absolute Gasteiger partial charge is 0.243 e. The van der Waals surface area contributed by atoms with Gasteiger partial charge in [0.2, 0.25) is 21.9 Å². The summed E-state index contributed by atoms with van der Waals surface area (Å²) in [4.78, 5) is 13.6. The minimum Gasteiger partial charge on any atom is -0.494 e. The Labute approximate surface area is 229 Å². The van der Waals surface area contributed by atoms with Crippen LogP contribution in [0.15, 0.2) is 49.1 Å². The minimum absolute atomic E-state index is 0.0429. The van der Waals surface area contributed by atoms with Crippen LogP contribution in [0.1, 0.15) is 12.0 Å². The average Bonchev–Trinajstić information content (AvgIpc) is 3.34. The van der Waals surface area contributed by atoms with Gasteiger partial charge in [-0.1, -0.05) is 6.07 Å². The number of sulfonamides is 1. The Bertz CT molecular complexity index is 1590. The zero-order valence-corrected chi connectivity index (χ0v) is 22.7. The number of rotatable bonds is 8. The number of aryl methyl sites for hydroxylation is 1. The Morgan fingerprint density at radius 3 is 2.40 bits per heavy atom. The Kier molecular flexibility index (Phi) is 7.49. The molecule has 2 N–H and O–H groups in total. The van der Waals surface area contributed by atoms with Crippen LogP contribution in [0.5, 0.6) is 11.5 Å². The first-order valence-electron chi connectivity index (χ1n) is 12.2. The van der Waals surface area contributed by atoms with Crippen molar-refractivity contribution < 1.29 is 27.4 Å². The van der Waals surface area contributed by atoms with Gasteiger partial charge in [0, 0.05) is 31.0 Å². The largest absolute Gasteiger partial charge is 0.494 e. The summed E-state index contributed by atoms with van der Waals surface area (Å²) in [6.45, 7) is 1.92. The molecule has 0 radical (unpaired) electrons. The maximum atomic E-state index is 13.7. The van der Waals surface area contributed by atoms with Crippen molar-refractivity contribution in [3.05, 3.63) is 60.4 Å². The molecule has 15 heteroatoms. The van der Waals surface area contributed by atoms with E-state index in [0.717, 1.165) is 18.0 Å². The number of hydrogen-bond donors (Lipinski definition) is 2. The second-order valence-corrected chi connectivity index (χ2v) is 11.2. The van der Waals surface area contributed by atoms with Crippen LogP contribution in [-0.4, -0.2) is 81.9 Å². The third kappa shape index (κ3) is 5.37. The molecule has 2 unspecified atom stereocenters. The zero-order valence-electron chi connectivity index (χ0n) is 21.9. The van der Waals surface area contributed by atoms with E-state index in [-0.39, 0.29) is 31.4 Å². The van der Waals surface area contributed by atoms with Gasteiger partial charge >= 0.3 is 0 Å². The lowest BCUT2D eigenvalue weighted by Crippen LogP contribution is -2.50. The average molecular weight is 571 g/mol. The molecule has 0 amide bonds. The molecular weight excluding hydrogens is 543 g/mol. The predicted octanol–water partition coefficient (Wildman–Crippen LogP) is 1.97. The molecular formula is C25H27FN8O5S. The molecule has 1 aromatic carbocycles. The highest BCUT2D eigenvalue weighted by atomic mass is 32.2. The van der Waals surface area contributed by atoms with Crippen molar-refractivity contribution in [2.45, 2.75) is 24.7 Å². The molecule has 1 fully saturated rings. The van der Waals surface area contributed by atoms with Gasteiger partial charge in [0.1, 0.15) is 22.4 Å². The fourth-order valence-corrected chi connectivity index (χ4v) is 5.98. The standard InChI is InChI=1S/C25H27FN8O5S/c1-15-7-16(10-27-9-15)23-30-31-25(34(23)22-20(38-2)5-4-6-21(22)39-3)32-40(36,37)19-8-18(35)13-33(14-19)24-28-11-17(26)12-29-24/h4-7,9-12,18-19,35H,8,13-14H2,1-3H3,(H,31,32). The summed E-state index contributed by atoms with van der Waals surface area (Å²) < 4.78 is 56.0. The van der Waals surface area contributed by atoms with E-state index in [1.54, 1.807) is 30.6 Å². The number of aliphatic hydroxyl groups is 1. The molecule has 0 spiro atoms. The Balaban J connectivity index is 1.57. The van der Waals surface area contributed by atoms with Gasteiger partial charge in [-0.15, -0.1) is 10.2 Å². The van der Waals surface area contributed by atoms with Gasteiger partial charge in [-0.3, -0.25) is 14.3 Å². The number of ether oxygens (including phenoxy) is 2. The van der Waals surface area contributed by atoms with Crippen molar-refractivity contribution >= 4 is 21.9 Å². The maximum absolute atomic E-state index is 13.7. The Morgan fingerprint density at radius 1 is 1.05 bits per heavy atom. The number of aliphatic hydroxyl groups excluding tert-OH is 1. The molecule has 3 aromatic heterocycles. The van der Waals surface area contributed by atoms with E-state index in [1.807, 2.05) is 13.0 Å². The van der Waals surface area contributed by atoms with Crippen molar-refractivity contribution in [2.75, 3.05) is 36.9 Å². The number of benzene rings is 1. The first-order chi connectivity index (χ1) is 19.2. The molecule has 210 valence electrons. The lowest BCUT2D eigenvalue weighted by Gasteiger charge is -2.35. The highest BCUT2D eigenvalue weighted by Gasteiger charge is 2.37. The van der Waals surface area contributed by atoms with Gasteiger partial charge in [-0.2, -0.15) is 0 Å². The number of aromatic nitrogens is 6. The van der Waals surface area contributed by atoms with E-state index in [0.29, 0.717) is 28.6 Å². The quantitative estimate of drug-likeness (QED) is 0.319. The van der Waals surface area contributed by atoms with Crippen LogP contribution in [0.2, 0.25) is 0 Å². The van der Waals surface area contributed by atoms with Crippen LogP contribution in [0.25, 0.3) is 17.1 Å². The van der Waals surface area contributed by atoms with Gasteiger partial charge in [0.05, 0.1) is 32.7 Å². The molecule has 1 aliphatic heterocycles. The van der Waals surface area contributed by atoms with E-state index in [9.17, 15) is 17.9 Å². The summed E-state index contributed by atoms with van der Waals surface area (Å²) >= 11 is 0. The lowest BCUT2D eigenvalue weighted by molar-refractivity contribution is 0.154. The third-order valence-electron chi connectivity index (χ3n) is 6.37. The topological polar surface area (TPSA) is 157 Å². The van der Waals surface area contributed by atoms with E-state index in [4.69, 9.17) is 9.47 Å². The molecule has 4 aromatic rings. The van der Waals surface area contributed by atoms with Crippen LogP contribution >= 0.6 is 0 Å². The normalized spacial score (nSPS) is 17.5. The number of pyridine rings is 1. The number of hydrogen-bond acceptors (Lipinski definition) is 11. The van der Waals surface area contributed by atoms with E-state index < -0.39 is 27.2 Å². The third-order valence-corrected chi connectivity index (χ3v) is 8.06. The van der Waals surface area contributed by atoms with Crippen LogP contribution < -0.4 is 19.1 Å². The molecule has 0 bridgehead atoms. The summed E-state index contributed by atoms with van der Waals surface area (Å²) in [5.41, 5.74) is 1.82. The number of para-hydroxylation sites is 1. The summed E-state index contributed by atoms with van der Waals surface area (Å²) in [7, 11) is -1.20. The summed E-state index contributed by atoms with van der Waals surface area (Å²) in [5.74, 6) is 0.420. The monoisotopic (exact) mass is 570 g/mol. The number of halogens is 1. The number of methoxy groups -OCH3 is 2. The molecule has 2 atom stereocenters. The number of nitrogens with zero attached hydrogens (tertiary/aromatic N) is 7. The van der Waals surface area contributed by atoms with Crippen molar-refractivity contribution in [3.63, 3.8) is 0 Å². The van der Waals surface area contributed by atoms with E-state index in [1.165, 1.54) is 23.7 Å². The van der Waals surface area contributed by atoms with Crippen LogP contribution in [0, 0.1) is 12.7 Å². The lowest BCUT2D eigenvalue weighted by atomic mass is 10.1. The number of anilines is 2. The van der Waals surface area contributed by atoms with Gasteiger partial charge in [0.25, 0.3) is 0 Å². The minimum atomic E-state index is -4.17. The first kappa shape index (κ1) is 27.2. The van der Waals surface area contributed by atoms with Crippen molar-refractivity contribution in [1.82, 2.24) is 29.7 Å². The summed E-state index contributed by atoms with van der Waals surface area (Å²) in [5, 5.41) is 17.9.